The van der Waals surface area contributed by atoms with Crippen LogP contribution in [0.15, 0.2) is 34.2 Å². The van der Waals surface area contributed by atoms with Crippen LogP contribution in [0.4, 0.5) is 5.69 Å². The smallest absolute Gasteiger partial charge is 0.311 e. The Labute approximate surface area is 174 Å². The molecule has 1 amide bonds. The second-order valence-electron chi connectivity index (χ2n) is 6.26. The Bertz CT molecular complexity index is 1230. The number of aromatic amines is 1. The van der Waals surface area contributed by atoms with Gasteiger partial charge in [0.05, 0.1) is 23.4 Å². The number of hydrazone groups is 1. The molecule has 31 heavy (non-hydrogen) atoms. The molecule has 0 aliphatic heterocycles. The fourth-order valence-corrected chi connectivity index (χ4v) is 2.56. The summed E-state index contributed by atoms with van der Waals surface area (Å²) in [6, 6.07) is 5.78. The summed E-state index contributed by atoms with van der Waals surface area (Å²) < 4.78 is 6.36. The van der Waals surface area contributed by atoms with E-state index in [0.717, 1.165) is 4.68 Å². The maximum Gasteiger partial charge on any atom is 0.311 e. The summed E-state index contributed by atoms with van der Waals surface area (Å²) in [6.45, 7) is 5.17. The quantitative estimate of drug-likeness (QED) is 0.320. The molecule has 2 aromatic heterocycles. The fourth-order valence-electron chi connectivity index (χ4n) is 2.56. The molecule has 0 radical (unpaired) electrons. The van der Waals surface area contributed by atoms with Gasteiger partial charge < -0.3 is 4.74 Å². The Kier molecular flexibility index (Phi) is 6.14. The zero-order valence-corrected chi connectivity index (χ0v) is 16.8. The molecule has 0 spiro atoms. The van der Waals surface area contributed by atoms with Crippen LogP contribution in [-0.2, 0) is 0 Å². The number of nitro benzene ring substituents is 1. The molecule has 2 N–H and O–H groups in total. The van der Waals surface area contributed by atoms with Crippen LogP contribution in [0.2, 0.25) is 0 Å². The number of nitrogens with zero attached hydrogens (tertiary/aromatic N) is 6. The van der Waals surface area contributed by atoms with Crippen LogP contribution in [0.5, 0.6) is 5.75 Å². The number of amides is 1. The first-order valence-corrected chi connectivity index (χ1v) is 9.05. The molecular weight excluding hydrogens is 408 g/mol. The van der Waals surface area contributed by atoms with Gasteiger partial charge in [0.2, 0.25) is 0 Å². The molecule has 0 saturated carbocycles. The lowest BCUT2D eigenvalue weighted by molar-refractivity contribution is -0.385. The fraction of sp³-hybridized carbons (Fsp3) is 0.222. The molecule has 0 aliphatic carbocycles. The van der Waals surface area contributed by atoms with E-state index >= 15 is 0 Å². The molecule has 0 aliphatic rings. The Hall–Kier alpha value is -4.42. The number of hydrogen-bond donors (Lipinski definition) is 2. The first-order chi connectivity index (χ1) is 14.8. The summed E-state index contributed by atoms with van der Waals surface area (Å²) in [5.41, 5.74) is 2.75. The predicted molar refractivity (Wildman–Crippen MR) is 109 cm³/mol. The Morgan fingerprint density at radius 3 is 2.81 bits per heavy atom. The van der Waals surface area contributed by atoms with Gasteiger partial charge in [-0.15, -0.1) is 10.2 Å². The monoisotopic (exact) mass is 426 g/mol. The minimum Gasteiger partial charge on any atom is -0.487 e. The molecule has 160 valence electrons. The van der Waals surface area contributed by atoms with Crippen molar-refractivity contribution in [1.82, 2.24) is 30.4 Å². The Morgan fingerprint density at radius 1 is 1.35 bits per heavy atom. The molecule has 3 aromatic rings. The van der Waals surface area contributed by atoms with Crippen LogP contribution in [0.25, 0.3) is 5.95 Å². The van der Waals surface area contributed by atoms with Gasteiger partial charge in [0.25, 0.3) is 17.4 Å². The van der Waals surface area contributed by atoms with E-state index in [1.165, 1.54) is 31.3 Å². The van der Waals surface area contributed by atoms with Crippen molar-refractivity contribution >= 4 is 17.8 Å². The molecule has 13 heteroatoms. The summed E-state index contributed by atoms with van der Waals surface area (Å²) in [5.74, 6) is -0.526. The summed E-state index contributed by atoms with van der Waals surface area (Å²) in [6.07, 6.45) is 1.25. The van der Waals surface area contributed by atoms with Crippen LogP contribution in [0, 0.1) is 24.0 Å². The number of carbonyl (C=O) groups excluding carboxylic acids is 1. The van der Waals surface area contributed by atoms with E-state index in [1.807, 2.05) is 0 Å². The van der Waals surface area contributed by atoms with Crippen LogP contribution in [0.1, 0.15) is 34.4 Å². The third-order valence-corrected chi connectivity index (χ3v) is 3.97. The number of hydrogen-bond acceptors (Lipinski definition) is 9. The van der Waals surface area contributed by atoms with Gasteiger partial charge in [-0.1, -0.05) is 0 Å². The van der Waals surface area contributed by atoms with Gasteiger partial charge in [0.15, 0.2) is 5.75 Å². The van der Waals surface area contributed by atoms with Gasteiger partial charge in [-0.25, -0.2) is 5.43 Å². The van der Waals surface area contributed by atoms with Gasteiger partial charge in [0, 0.05) is 11.6 Å². The highest BCUT2D eigenvalue weighted by Crippen LogP contribution is 2.27. The zero-order chi connectivity index (χ0) is 22.5. The molecule has 2 heterocycles. The first-order valence-electron chi connectivity index (χ1n) is 9.05. The number of aryl methyl sites for hydroxylation is 2. The SMILES string of the molecule is CCOc1ccc(/C=N\NC(=O)c2cc(C)nn2-c2nnc(C)c(=O)[nH]2)cc1[N+](=O)[O-]. The summed E-state index contributed by atoms with van der Waals surface area (Å²) >= 11 is 0. The molecular formula is C18H18N8O5. The molecule has 3 rings (SSSR count). The Balaban J connectivity index is 1.81. The normalized spacial score (nSPS) is 10.9. The van der Waals surface area contributed by atoms with E-state index in [-0.39, 0.29) is 35.4 Å². The standard InChI is InChI=1S/C18H18N8O5/c1-4-31-15-6-5-12(8-13(15)26(29)30)9-19-22-17(28)14-7-10(2)24-25(14)18-20-16(27)11(3)21-23-18/h5-9H,4H2,1-3H3,(H,22,28)(H,20,23,27)/b19-9-. The second kappa shape index (κ2) is 8.94. The molecule has 1 aromatic carbocycles. The van der Waals surface area contributed by atoms with Gasteiger partial charge in [-0.2, -0.15) is 14.9 Å². The third kappa shape index (κ3) is 4.77. The second-order valence-corrected chi connectivity index (χ2v) is 6.26. The van der Waals surface area contributed by atoms with Gasteiger partial charge in [-0.05, 0) is 39.0 Å². The van der Waals surface area contributed by atoms with Crippen molar-refractivity contribution < 1.29 is 14.5 Å². The van der Waals surface area contributed by atoms with Crippen molar-refractivity contribution in [2.75, 3.05) is 6.61 Å². The largest absolute Gasteiger partial charge is 0.487 e. The summed E-state index contributed by atoms with van der Waals surface area (Å²) in [4.78, 5) is 37.5. The van der Waals surface area contributed by atoms with Crippen molar-refractivity contribution in [1.29, 1.82) is 0 Å². The van der Waals surface area contributed by atoms with E-state index in [2.05, 4.69) is 30.8 Å². The minimum atomic E-state index is -0.638. The molecule has 13 nitrogen and oxygen atoms in total. The van der Waals surface area contributed by atoms with Crippen LogP contribution >= 0.6 is 0 Å². The number of ether oxygens (including phenoxy) is 1. The lowest BCUT2D eigenvalue weighted by Crippen LogP contribution is -2.24. The average Bonchev–Trinajstić information content (AvgIpc) is 3.13. The highest BCUT2D eigenvalue weighted by Gasteiger charge is 2.18. The number of benzene rings is 1. The van der Waals surface area contributed by atoms with E-state index in [1.54, 1.807) is 19.9 Å². The molecule has 0 fully saturated rings. The molecule has 0 saturated heterocycles. The highest BCUT2D eigenvalue weighted by atomic mass is 16.6. The lowest BCUT2D eigenvalue weighted by Gasteiger charge is -2.05. The number of carbonyl (C=O) groups is 1. The van der Waals surface area contributed by atoms with Gasteiger partial charge in [0.1, 0.15) is 11.4 Å². The number of aromatic nitrogens is 5. The maximum atomic E-state index is 12.6. The van der Waals surface area contributed by atoms with Crippen molar-refractivity contribution in [2.24, 2.45) is 5.10 Å². The number of nitrogens with one attached hydrogen (secondary N) is 2. The topological polar surface area (TPSA) is 170 Å². The number of H-pyrrole nitrogens is 1. The van der Waals surface area contributed by atoms with Crippen LogP contribution in [0.3, 0.4) is 0 Å². The van der Waals surface area contributed by atoms with E-state index in [9.17, 15) is 19.7 Å². The average molecular weight is 426 g/mol. The lowest BCUT2D eigenvalue weighted by atomic mass is 10.2. The van der Waals surface area contributed by atoms with Crippen LogP contribution in [-0.4, -0.2) is 48.6 Å². The van der Waals surface area contributed by atoms with Crippen molar-refractivity contribution in [3.63, 3.8) is 0 Å². The summed E-state index contributed by atoms with van der Waals surface area (Å²) in [7, 11) is 0. The minimum absolute atomic E-state index is 0.0278. The Morgan fingerprint density at radius 2 is 2.13 bits per heavy atom. The van der Waals surface area contributed by atoms with Crippen molar-refractivity contribution in [3.05, 3.63) is 67.4 Å². The number of rotatable bonds is 7. The van der Waals surface area contributed by atoms with Gasteiger partial charge in [-0.3, -0.25) is 24.7 Å². The van der Waals surface area contributed by atoms with Gasteiger partial charge >= 0.3 is 5.69 Å². The van der Waals surface area contributed by atoms with E-state index in [4.69, 9.17) is 4.74 Å². The van der Waals surface area contributed by atoms with E-state index in [0.29, 0.717) is 11.3 Å². The third-order valence-electron chi connectivity index (χ3n) is 3.97. The van der Waals surface area contributed by atoms with E-state index < -0.39 is 16.4 Å². The summed E-state index contributed by atoms with van der Waals surface area (Å²) in [5, 5.41) is 26.7. The maximum absolute atomic E-state index is 12.6. The molecule has 0 atom stereocenters. The number of nitro groups is 1. The first kappa shape index (κ1) is 21.3. The van der Waals surface area contributed by atoms with Crippen molar-refractivity contribution in [3.8, 4) is 11.7 Å². The predicted octanol–water partition coefficient (Wildman–Crippen LogP) is 1.04. The molecule has 0 bridgehead atoms. The van der Waals surface area contributed by atoms with Crippen LogP contribution < -0.4 is 15.7 Å². The van der Waals surface area contributed by atoms with Crippen molar-refractivity contribution in [2.45, 2.75) is 20.8 Å². The highest BCUT2D eigenvalue weighted by molar-refractivity contribution is 5.94. The zero-order valence-electron chi connectivity index (χ0n) is 16.8. The molecule has 0 unspecified atom stereocenters.